The van der Waals surface area contributed by atoms with Crippen LogP contribution in [0.2, 0.25) is 5.02 Å². The highest BCUT2D eigenvalue weighted by molar-refractivity contribution is 7.99. The summed E-state index contributed by atoms with van der Waals surface area (Å²) in [5.41, 5.74) is 1.20. The maximum absolute atomic E-state index is 9.37. The van der Waals surface area contributed by atoms with Gasteiger partial charge in [-0.25, -0.2) is 4.98 Å². The van der Waals surface area contributed by atoms with E-state index >= 15 is 0 Å². The molecule has 0 unspecified atom stereocenters. The Morgan fingerprint density at radius 3 is 2.92 bits per heavy atom. The molecule has 0 aliphatic carbocycles. The molecule has 0 N–H and O–H groups in total. The molecule has 5 nitrogen and oxygen atoms in total. The van der Waals surface area contributed by atoms with Crippen molar-refractivity contribution < 1.29 is 4.42 Å². The predicted molar refractivity (Wildman–Crippen MR) is 93.2 cm³/mol. The van der Waals surface area contributed by atoms with E-state index in [4.69, 9.17) is 16.0 Å². The Morgan fingerprint density at radius 2 is 2.12 bits per heavy atom. The predicted octanol–water partition coefficient (Wildman–Crippen LogP) is 5.02. The van der Waals surface area contributed by atoms with Gasteiger partial charge in [0.15, 0.2) is 0 Å². The summed E-state index contributed by atoms with van der Waals surface area (Å²) >= 11 is 8.75. The average molecular weight is 371 g/mol. The Balaban J connectivity index is 1.70. The number of nitriles is 1. The quantitative estimate of drug-likeness (QED) is 0.503. The van der Waals surface area contributed by atoms with Gasteiger partial charge in [0.25, 0.3) is 11.1 Å². The molecule has 0 spiro atoms. The molecule has 116 valence electrons. The van der Waals surface area contributed by atoms with Gasteiger partial charge in [-0.1, -0.05) is 17.7 Å². The zero-order chi connectivity index (χ0) is 16.5. The topological polar surface area (TPSA) is 75.6 Å². The van der Waals surface area contributed by atoms with Crippen LogP contribution in [0.25, 0.3) is 21.7 Å². The minimum atomic E-state index is 0.378. The van der Waals surface area contributed by atoms with Gasteiger partial charge in [0.1, 0.15) is 5.03 Å². The largest absolute Gasteiger partial charge is 0.410 e. The van der Waals surface area contributed by atoms with Crippen molar-refractivity contribution in [1.29, 1.82) is 5.26 Å². The number of thiophene rings is 1. The van der Waals surface area contributed by atoms with Crippen LogP contribution >= 0.6 is 34.7 Å². The number of halogens is 1. The van der Waals surface area contributed by atoms with Crippen molar-refractivity contribution in [2.24, 2.45) is 0 Å². The molecule has 1 aromatic carbocycles. The molecule has 4 aromatic rings. The summed E-state index contributed by atoms with van der Waals surface area (Å²) < 4.78 is 5.64. The first kappa shape index (κ1) is 15.1. The van der Waals surface area contributed by atoms with Crippen molar-refractivity contribution in [2.45, 2.75) is 10.2 Å². The van der Waals surface area contributed by atoms with Crippen LogP contribution in [-0.2, 0) is 0 Å². The van der Waals surface area contributed by atoms with Gasteiger partial charge in [-0.3, -0.25) is 0 Å². The summed E-state index contributed by atoms with van der Waals surface area (Å²) in [4.78, 5) is 5.43. The average Bonchev–Trinajstić information content (AvgIpc) is 3.25. The van der Waals surface area contributed by atoms with Crippen molar-refractivity contribution in [3.8, 4) is 16.8 Å². The Kier molecular flexibility index (Phi) is 3.94. The fourth-order valence-corrected chi connectivity index (χ4v) is 3.68. The summed E-state index contributed by atoms with van der Waals surface area (Å²) in [5.74, 6) is 0.473. The van der Waals surface area contributed by atoms with Gasteiger partial charge in [0, 0.05) is 10.4 Å². The van der Waals surface area contributed by atoms with E-state index in [2.05, 4.69) is 21.3 Å². The third kappa shape index (κ3) is 2.87. The molecule has 0 radical (unpaired) electrons. The maximum atomic E-state index is 9.37. The van der Waals surface area contributed by atoms with Crippen LogP contribution in [0.5, 0.6) is 0 Å². The van der Waals surface area contributed by atoms with Crippen LogP contribution < -0.4 is 0 Å². The van der Waals surface area contributed by atoms with Crippen molar-refractivity contribution in [2.75, 3.05) is 0 Å². The highest BCUT2D eigenvalue weighted by atomic mass is 35.5. The minimum Gasteiger partial charge on any atom is -0.410 e. The van der Waals surface area contributed by atoms with Crippen LogP contribution in [0, 0.1) is 11.3 Å². The first-order valence-electron chi connectivity index (χ1n) is 6.78. The molecule has 4 rings (SSSR count). The SMILES string of the molecule is N#Cc1cc(Sc2nnc(-c3cccs3)o2)nc2ccc(Cl)cc12. The molecule has 0 fully saturated rings. The lowest BCUT2D eigenvalue weighted by Gasteiger charge is -2.03. The number of pyridine rings is 1. The van der Waals surface area contributed by atoms with E-state index in [-0.39, 0.29) is 0 Å². The highest BCUT2D eigenvalue weighted by Crippen LogP contribution is 2.32. The second kappa shape index (κ2) is 6.24. The third-order valence-corrected chi connectivity index (χ3v) is 5.05. The van der Waals surface area contributed by atoms with Gasteiger partial charge >= 0.3 is 0 Å². The van der Waals surface area contributed by atoms with Gasteiger partial charge in [0.05, 0.1) is 22.0 Å². The summed E-state index contributed by atoms with van der Waals surface area (Å²) in [7, 11) is 0. The van der Waals surface area contributed by atoms with E-state index < -0.39 is 0 Å². The maximum Gasteiger partial charge on any atom is 0.283 e. The Bertz CT molecular complexity index is 1070. The van der Waals surface area contributed by atoms with Crippen LogP contribution in [0.4, 0.5) is 0 Å². The minimum absolute atomic E-state index is 0.378. The summed E-state index contributed by atoms with van der Waals surface area (Å²) in [6.07, 6.45) is 0. The molecule has 0 saturated heterocycles. The molecular formula is C16H7ClN4OS2. The van der Waals surface area contributed by atoms with E-state index in [0.29, 0.717) is 32.2 Å². The zero-order valence-electron chi connectivity index (χ0n) is 11.9. The molecule has 0 amide bonds. The summed E-state index contributed by atoms with van der Waals surface area (Å²) in [6, 6.07) is 13.0. The van der Waals surface area contributed by atoms with Crippen LogP contribution in [-0.4, -0.2) is 15.2 Å². The smallest absolute Gasteiger partial charge is 0.283 e. The fourth-order valence-electron chi connectivity index (χ4n) is 2.16. The van der Waals surface area contributed by atoms with Gasteiger partial charge in [0.2, 0.25) is 0 Å². The number of aromatic nitrogens is 3. The van der Waals surface area contributed by atoms with Crippen LogP contribution in [0.1, 0.15) is 5.56 Å². The molecule has 0 bridgehead atoms. The molecule has 8 heteroatoms. The second-order valence-corrected chi connectivity index (χ2v) is 7.09. The third-order valence-electron chi connectivity index (χ3n) is 3.20. The first-order valence-corrected chi connectivity index (χ1v) is 8.86. The standard InChI is InChI=1S/C16H7ClN4OS2/c17-10-3-4-12-11(7-10)9(8-18)6-14(19-12)24-16-21-20-15(22-16)13-2-1-5-23-13/h1-7H. The molecule has 3 heterocycles. The van der Waals surface area contributed by atoms with Gasteiger partial charge < -0.3 is 4.42 Å². The number of rotatable bonds is 3. The molecule has 0 aliphatic rings. The normalized spacial score (nSPS) is 10.8. The Hall–Kier alpha value is -2.40. The summed E-state index contributed by atoms with van der Waals surface area (Å²) in [6.45, 7) is 0. The number of hydrogen-bond acceptors (Lipinski definition) is 7. The molecule has 3 aromatic heterocycles. The van der Waals surface area contributed by atoms with Crippen molar-refractivity contribution in [1.82, 2.24) is 15.2 Å². The van der Waals surface area contributed by atoms with Crippen molar-refractivity contribution >= 4 is 45.6 Å². The molecule has 24 heavy (non-hydrogen) atoms. The first-order chi connectivity index (χ1) is 11.7. The molecule has 0 atom stereocenters. The van der Waals surface area contributed by atoms with Gasteiger partial charge in [-0.2, -0.15) is 5.26 Å². The summed E-state index contributed by atoms with van der Waals surface area (Å²) in [5, 5.41) is 21.7. The van der Waals surface area contributed by atoms with Crippen molar-refractivity contribution in [3.05, 3.63) is 52.4 Å². The lowest BCUT2D eigenvalue weighted by Crippen LogP contribution is -1.88. The second-order valence-electron chi connectivity index (χ2n) is 4.73. The van der Waals surface area contributed by atoms with E-state index in [1.807, 2.05) is 17.5 Å². The van der Waals surface area contributed by atoms with E-state index in [1.54, 1.807) is 24.3 Å². The number of hydrogen-bond donors (Lipinski definition) is 0. The molecular weight excluding hydrogens is 364 g/mol. The molecule has 0 aliphatic heterocycles. The van der Waals surface area contributed by atoms with Gasteiger partial charge in [-0.15, -0.1) is 21.5 Å². The lowest BCUT2D eigenvalue weighted by molar-refractivity contribution is 0.466. The highest BCUT2D eigenvalue weighted by Gasteiger charge is 2.13. The van der Waals surface area contributed by atoms with Crippen molar-refractivity contribution in [3.63, 3.8) is 0 Å². The number of nitrogens with zero attached hydrogens (tertiary/aromatic N) is 4. The fraction of sp³-hybridized carbons (Fsp3) is 0. The Morgan fingerprint density at radius 1 is 1.21 bits per heavy atom. The van der Waals surface area contributed by atoms with E-state index in [1.165, 1.54) is 23.1 Å². The van der Waals surface area contributed by atoms with Crippen LogP contribution in [0.15, 0.2) is 56.4 Å². The van der Waals surface area contributed by atoms with Gasteiger partial charge in [-0.05, 0) is 47.5 Å². The number of fused-ring (bicyclic) bond motifs is 1. The Labute approximate surface area is 149 Å². The number of benzene rings is 1. The van der Waals surface area contributed by atoms with E-state index in [9.17, 15) is 5.26 Å². The van der Waals surface area contributed by atoms with Crippen LogP contribution in [0.3, 0.4) is 0 Å². The monoisotopic (exact) mass is 370 g/mol. The van der Waals surface area contributed by atoms with E-state index in [0.717, 1.165) is 10.3 Å². The molecule has 0 saturated carbocycles. The lowest BCUT2D eigenvalue weighted by atomic mass is 10.1. The zero-order valence-corrected chi connectivity index (χ0v) is 14.3.